The highest BCUT2D eigenvalue weighted by Crippen LogP contribution is 2.41. The minimum Gasteiger partial charge on any atom is -0.493 e. The quantitative estimate of drug-likeness (QED) is 0.619. The van der Waals surface area contributed by atoms with E-state index in [4.69, 9.17) is 9.47 Å². The van der Waals surface area contributed by atoms with Gasteiger partial charge in [-0.25, -0.2) is 0 Å². The maximum absolute atomic E-state index is 10.7. The van der Waals surface area contributed by atoms with Crippen molar-refractivity contribution in [3.05, 3.63) is 26.7 Å². The molecule has 5 nitrogen and oxygen atoms in total. The van der Waals surface area contributed by atoms with E-state index in [9.17, 15) is 10.1 Å². The van der Waals surface area contributed by atoms with Crippen molar-refractivity contribution in [3.8, 4) is 11.5 Å². The second-order valence-corrected chi connectivity index (χ2v) is 3.24. The minimum atomic E-state index is -0.522. The fourth-order valence-corrected chi connectivity index (χ4v) is 1.51. The summed E-state index contributed by atoms with van der Waals surface area (Å²) in [6, 6.07) is 3.13. The van der Waals surface area contributed by atoms with Crippen LogP contribution in [0.5, 0.6) is 11.5 Å². The molecule has 0 N–H and O–H groups in total. The van der Waals surface area contributed by atoms with E-state index in [1.165, 1.54) is 14.2 Å². The summed E-state index contributed by atoms with van der Waals surface area (Å²) >= 11 is 3.07. The second-order valence-electron chi connectivity index (χ2n) is 2.39. The summed E-state index contributed by atoms with van der Waals surface area (Å²) in [5, 5.41) is 10.7. The fourth-order valence-electron chi connectivity index (χ4n) is 1.06. The van der Waals surface area contributed by atoms with Crippen molar-refractivity contribution in [2.45, 2.75) is 0 Å². The van der Waals surface area contributed by atoms with E-state index in [1.54, 1.807) is 12.1 Å². The smallest absolute Gasteiger partial charge is 0.328 e. The van der Waals surface area contributed by atoms with Crippen LogP contribution in [-0.4, -0.2) is 19.1 Å². The number of halogens is 1. The van der Waals surface area contributed by atoms with Crippen molar-refractivity contribution in [2.24, 2.45) is 0 Å². The Kier molecular flexibility index (Phi) is 3.29. The number of nitro groups is 1. The SMILES string of the molecule is COc1ccc(Br)c([N+](=O)[O-])c1OC. The van der Waals surface area contributed by atoms with E-state index >= 15 is 0 Å². The molecule has 0 aliphatic heterocycles. The van der Waals surface area contributed by atoms with Gasteiger partial charge in [0.2, 0.25) is 5.75 Å². The fraction of sp³-hybridized carbons (Fsp3) is 0.250. The van der Waals surface area contributed by atoms with E-state index in [0.717, 1.165) is 0 Å². The Labute approximate surface area is 88.9 Å². The second kappa shape index (κ2) is 4.28. The van der Waals surface area contributed by atoms with Gasteiger partial charge in [0, 0.05) is 0 Å². The third-order valence-corrected chi connectivity index (χ3v) is 2.29. The highest BCUT2D eigenvalue weighted by atomic mass is 79.9. The molecule has 0 saturated carbocycles. The Hall–Kier alpha value is -1.30. The molecule has 76 valence electrons. The molecular weight excluding hydrogens is 254 g/mol. The first kappa shape index (κ1) is 10.8. The van der Waals surface area contributed by atoms with Crippen molar-refractivity contribution in [1.82, 2.24) is 0 Å². The lowest BCUT2D eigenvalue weighted by molar-refractivity contribution is -0.386. The third-order valence-electron chi connectivity index (χ3n) is 1.65. The van der Waals surface area contributed by atoms with Gasteiger partial charge < -0.3 is 9.47 Å². The molecule has 0 atom stereocenters. The van der Waals surface area contributed by atoms with Gasteiger partial charge in [0.1, 0.15) is 0 Å². The average molecular weight is 262 g/mol. The molecular formula is C8H8BrNO4. The predicted octanol–water partition coefficient (Wildman–Crippen LogP) is 2.37. The van der Waals surface area contributed by atoms with Crippen LogP contribution in [0, 0.1) is 10.1 Å². The van der Waals surface area contributed by atoms with Crippen LogP contribution < -0.4 is 9.47 Å². The van der Waals surface area contributed by atoms with Crippen LogP contribution in [0.25, 0.3) is 0 Å². The van der Waals surface area contributed by atoms with Gasteiger partial charge in [-0.1, -0.05) is 0 Å². The summed E-state index contributed by atoms with van der Waals surface area (Å²) in [4.78, 5) is 10.2. The molecule has 0 saturated heterocycles. The molecule has 0 aliphatic carbocycles. The molecule has 0 heterocycles. The van der Waals surface area contributed by atoms with Crippen LogP contribution >= 0.6 is 15.9 Å². The first-order valence-electron chi connectivity index (χ1n) is 3.66. The van der Waals surface area contributed by atoms with Crippen LogP contribution in [0.4, 0.5) is 5.69 Å². The molecule has 0 aliphatic rings. The molecule has 0 unspecified atom stereocenters. The summed E-state index contributed by atoms with van der Waals surface area (Å²) in [6.45, 7) is 0. The molecule has 1 aromatic carbocycles. The van der Waals surface area contributed by atoms with Crippen molar-refractivity contribution >= 4 is 21.6 Å². The Morgan fingerprint density at radius 3 is 2.43 bits per heavy atom. The topological polar surface area (TPSA) is 61.6 Å². The Morgan fingerprint density at radius 2 is 2.00 bits per heavy atom. The van der Waals surface area contributed by atoms with E-state index in [0.29, 0.717) is 10.2 Å². The van der Waals surface area contributed by atoms with E-state index in [-0.39, 0.29) is 11.4 Å². The highest BCUT2D eigenvalue weighted by molar-refractivity contribution is 9.10. The normalized spacial score (nSPS) is 9.64. The molecule has 0 amide bonds. The zero-order valence-electron chi connectivity index (χ0n) is 7.61. The largest absolute Gasteiger partial charge is 0.493 e. The number of nitro benzene ring substituents is 1. The summed E-state index contributed by atoms with van der Waals surface area (Å²) in [7, 11) is 2.78. The summed E-state index contributed by atoms with van der Waals surface area (Å²) in [5.74, 6) is 0.453. The van der Waals surface area contributed by atoms with E-state index in [2.05, 4.69) is 15.9 Å². The van der Waals surface area contributed by atoms with Gasteiger partial charge in [0.05, 0.1) is 23.6 Å². The van der Waals surface area contributed by atoms with Crippen LogP contribution in [0.2, 0.25) is 0 Å². The molecule has 0 radical (unpaired) electrons. The number of ether oxygens (including phenoxy) is 2. The number of hydrogen-bond acceptors (Lipinski definition) is 4. The predicted molar refractivity (Wildman–Crippen MR) is 53.9 cm³/mol. The first-order valence-corrected chi connectivity index (χ1v) is 4.46. The van der Waals surface area contributed by atoms with E-state index in [1.807, 2.05) is 0 Å². The number of methoxy groups -OCH3 is 2. The van der Waals surface area contributed by atoms with Crippen molar-refractivity contribution in [2.75, 3.05) is 14.2 Å². The molecule has 0 spiro atoms. The average Bonchev–Trinajstić information content (AvgIpc) is 2.16. The van der Waals surface area contributed by atoms with Crippen molar-refractivity contribution in [1.29, 1.82) is 0 Å². The zero-order chi connectivity index (χ0) is 10.7. The standard InChI is InChI=1S/C8H8BrNO4/c1-13-6-4-3-5(9)7(10(11)12)8(6)14-2/h3-4H,1-2H3. The molecule has 14 heavy (non-hydrogen) atoms. The Bertz CT molecular complexity index is 367. The molecule has 1 aromatic rings. The molecule has 0 aromatic heterocycles. The molecule has 0 fully saturated rings. The maximum Gasteiger partial charge on any atom is 0.328 e. The molecule has 1 rings (SSSR count). The van der Waals surface area contributed by atoms with Gasteiger partial charge in [-0.15, -0.1) is 0 Å². The maximum atomic E-state index is 10.7. The zero-order valence-corrected chi connectivity index (χ0v) is 9.20. The molecule has 0 bridgehead atoms. The summed E-state index contributed by atoms with van der Waals surface area (Å²) in [5.41, 5.74) is -0.133. The summed E-state index contributed by atoms with van der Waals surface area (Å²) in [6.07, 6.45) is 0. The Morgan fingerprint density at radius 1 is 1.36 bits per heavy atom. The van der Waals surface area contributed by atoms with Gasteiger partial charge in [-0.05, 0) is 28.1 Å². The lowest BCUT2D eigenvalue weighted by Gasteiger charge is -2.07. The number of nitrogens with zero attached hydrogens (tertiary/aromatic N) is 1. The van der Waals surface area contributed by atoms with Crippen molar-refractivity contribution < 1.29 is 14.4 Å². The lowest BCUT2D eigenvalue weighted by atomic mass is 10.3. The van der Waals surface area contributed by atoms with Crippen LogP contribution in [0.3, 0.4) is 0 Å². The van der Waals surface area contributed by atoms with Gasteiger partial charge in [-0.3, -0.25) is 10.1 Å². The number of benzene rings is 1. The van der Waals surface area contributed by atoms with Crippen LogP contribution in [0.1, 0.15) is 0 Å². The third kappa shape index (κ3) is 1.79. The van der Waals surface area contributed by atoms with Crippen LogP contribution in [0.15, 0.2) is 16.6 Å². The number of rotatable bonds is 3. The van der Waals surface area contributed by atoms with E-state index < -0.39 is 4.92 Å². The van der Waals surface area contributed by atoms with Gasteiger partial charge in [-0.2, -0.15) is 0 Å². The minimum absolute atomic E-state index is 0.117. The monoisotopic (exact) mass is 261 g/mol. The lowest BCUT2D eigenvalue weighted by Crippen LogP contribution is -1.97. The van der Waals surface area contributed by atoms with Crippen molar-refractivity contribution in [3.63, 3.8) is 0 Å². The van der Waals surface area contributed by atoms with Crippen LogP contribution in [-0.2, 0) is 0 Å². The van der Waals surface area contributed by atoms with Gasteiger partial charge >= 0.3 is 5.69 Å². The Balaban J connectivity index is 3.42. The van der Waals surface area contributed by atoms with Gasteiger partial charge in [0.25, 0.3) is 0 Å². The highest BCUT2D eigenvalue weighted by Gasteiger charge is 2.23. The van der Waals surface area contributed by atoms with Gasteiger partial charge in [0.15, 0.2) is 5.75 Å². The summed E-state index contributed by atoms with van der Waals surface area (Å²) < 4.78 is 10.2. The molecule has 6 heteroatoms. The number of hydrogen-bond donors (Lipinski definition) is 0. The first-order chi connectivity index (χ1) is 6.61.